The lowest BCUT2D eigenvalue weighted by atomic mass is 10.2. The summed E-state index contributed by atoms with van der Waals surface area (Å²) in [5, 5.41) is 3.53. The minimum Gasteiger partial charge on any atom is -0.481 e. The van der Waals surface area contributed by atoms with Gasteiger partial charge in [0.05, 0.1) is 13.2 Å². The second-order valence-corrected chi connectivity index (χ2v) is 4.36. The second kappa shape index (κ2) is 5.98. The van der Waals surface area contributed by atoms with Crippen LogP contribution in [0.1, 0.15) is 24.8 Å². The molecule has 0 aromatic carbocycles. The summed E-state index contributed by atoms with van der Waals surface area (Å²) in [5.41, 5.74) is 1.09. The van der Waals surface area contributed by atoms with Crippen LogP contribution in [-0.2, 0) is 11.3 Å². The third kappa shape index (κ3) is 2.96. The number of nitrogens with zero attached hydrogens (tertiary/aromatic N) is 1. The van der Waals surface area contributed by atoms with Crippen molar-refractivity contribution in [2.24, 2.45) is 0 Å². The van der Waals surface area contributed by atoms with Gasteiger partial charge in [-0.2, -0.15) is 0 Å². The van der Waals surface area contributed by atoms with E-state index in [0.717, 1.165) is 18.5 Å². The maximum atomic E-state index is 5.46. The Morgan fingerprint density at radius 3 is 3.06 bits per heavy atom. The van der Waals surface area contributed by atoms with Gasteiger partial charge >= 0.3 is 0 Å². The fourth-order valence-corrected chi connectivity index (χ4v) is 2.43. The van der Waals surface area contributed by atoms with E-state index in [0.29, 0.717) is 18.0 Å². The molecule has 1 aliphatic rings. The molecule has 4 nitrogen and oxygen atoms in total. The predicted octanol–water partition coefficient (Wildman–Crippen LogP) is 1.75. The first-order chi connectivity index (χ1) is 8.35. The van der Waals surface area contributed by atoms with E-state index in [1.165, 1.54) is 12.8 Å². The van der Waals surface area contributed by atoms with Gasteiger partial charge in [-0.1, -0.05) is 6.07 Å². The minimum absolute atomic E-state index is 0.345. The average Bonchev–Trinajstić information content (AvgIpc) is 2.84. The highest BCUT2D eigenvalue weighted by molar-refractivity contribution is 5.25. The molecule has 1 N–H and O–H groups in total. The number of aromatic nitrogens is 1. The number of nitrogens with one attached hydrogen (secondary N) is 1. The van der Waals surface area contributed by atoms with Gasteiger partial charge in [0.1, 0.15) is 0 Å². The molecule has 2 atom stereocenters. The van der Waals surface area contributed by atoms with Crippen LogP contribution in [0.15, 0.2) is 18.3 Å². The van der Waals surface area contributed by atoms with Gasteiger partial charge in [0, 0.05) is 31.5 Å². The average molecular weight is 236 g/mol. The van der Waals surface area contributed by atoms with Crippen LogP contribution in [0.25, 0.3) is 0 Å². The van der Waals surface area contributed by atoms with E-state index in [1.54, 1.807) is 20.4 Å². The van der Waals surface area contributed by atoms with Gasteiger partial charge in [-0.05, 0) is 25.3 Å². The maximum Gasteiger partial charge on any atom is 0.217 e. The van der Waals surface area contributed by atoms with Crippen molar-refractivity contribution in [1.82, 2.24) is 10.3 Å². The third-order valence-corrected chi connectivity index (χ3v) is 3.35. The molecular weight excluding hydrogens is 216 g/mol. The molecule has 0 bridgehead atoms. The van der Waals surface area contributed by atoms with Crippen LogP contribution in [-0.4, -0.2) is 31.3 Å². The number of hydrogen-bond donors (Lipinski definition) is 1. The molecule has 2 unspecified atom stereocenters. The smallest absolute Gasteiger partial charge is 0.217 e. The summed E-state index contributed by atoms with van der Waals surface area (Å²) in [4.78, 5) is 4.19. The molecular formula is C13H20N2O2. The highest BCUT2D eigenvalue weighted by atomic mass is 16.5. The van der Waals surface area contributed by atoms with Gasteiger partial charge in [-0.15, -0.1) is 0 Å². The van der Waals surface area contributed by atoms with E-state index >= 15 is 0 Å². The van der Waals surface area contributed by atoms with Crippen molar-refractivity contribution in [2.75, 3.05) is 14.2 Å². The Labute approximate surface area is 102 Å². The first kappa shape index (κ1) is 12.3. The van der Waals surface area contributed by atoms with Crippen LogP contribution in [0.4, 0.5) is 0 Å². The normalized spacial score (nSPS) is 23.9. The van der Waals surface area contributed by atoms with E-state index < -0.39 is 0 Å². The van der Waals surface area contributed by atoms with Crippen LogP contribution >= 0.6 is 0 Å². The van der Waals surface area contributed by atoms with Gasteiger partial charge in [-0.3, -0.25) is 0 Å². The van der Waals surface area contributed by atoms with Crippen molar-refractivity contribution in [3.8, 4) is 5.88 Å². The van der Waals surface area contributed by atoms with Gasteiger partial charge in [-0.25, -0.2) is 4.98 Å². The van der Waals surface area contributed by atoms with Gasteiger partial charge in [0.25, 0.3) is 0 Å². The highest BCUT2D eigenvalue weighted by Crippen LogP contribution is 2.22. The summed E-state index contributed by atoms with van der Waals surface area (Å²) >= 11 is 0. The quantitative estimate of drug-likeness (QED) is 0.846. The van der Waals surface area contributed by atoms with Crippen LogP contribution in [0.2, 0.25) is 0 Å². The molecule has 0 aliphatic heterocycles. The largest absolute Gasteiger partial charge is 0.481 e. The lowest BCUT2D eigenvalue weighted by molar-refractivity contribution is 0.0846. The number of ether oxygens (including phenoxy) is 2. The van der Waals surface area contributed by atoms with E-state index in [9.17, 15) is 0 Å². The monoisotopic (exact) mass is 236 g/mol. The summed E-state index contributed by atoms with van der Waals surface area (Å²) in [6, 6.07) is 4.42. The van der Waals surface area contributed by atoms with Crippen LogP contribution < -0.4 is 10.1 Å². The second-order valence-electron chi connectivity index (χ2n) is 4.36. The van der Waals surface area contributed by atoms with E-state index in [-0.39, 0.29) is 0 Å². The molecule has 2 rings (SSSR count). The SMILES string of the molecule is COc1ncccc1CNC1CCCC1OC. The lowest BCUT2D eigenvalue weighted by Gasteiger charge is -2.20. The predicted molar refractivity (Wildman–Crippen MR) is 66.1 cm³/mol. The van der Waals surface area contributed by atoms with Gasteiger partial charge in [0.15, 0.2) is 0 Å². The Morgan fingerprint density at radius 2 is 2.29 bits per heavy atom. The third-order valence-electron chi connectivity index (χ3n) is 3.35. The number of hydrogen-bond acceptors (Lipinski definition) is 4. The Hall–Kier alpha value is -1.13. The molecule has 1 aromatic rings. The zero-order chi connectivity index (χ0) is 12.1. The van der Waals surface area contributed by atoms with E-state index in [4.69, 9.17) is 9.47 Å². The van der Waals surface area contributed by atoms with Crippen LogP contribution in [0.3, 0.4) is 0 Å². The number of methoxy groups -OCH3 is 2. The Morgan fingerprint density at radius 1 is 1.41 bits per heavy atom. The molecule has 4 heteroatoms. The molecule has 1 aliphatic carbocycles. The Bertz CT molecular complexity index is 357. The van der Waals surface area contributed by atoms with Gasteiger partial charge < -0.3 is 14.8 Å². The molecule has 0 amide bonds. The minimum atomic E-state index is 0.345. The summed E-state index contributed by atoms with van der Waals surface area (Å²) in [5.74, 6) is 0.701. The van der Waals surface area contributed by atoms with Gasteiger partial charge in [0.2, 0.25) is 5.88 Å². The van der Waals surface area contributed by atoms with Crippen molar-refractivity contribution in [3.05, 3.63) is 23.9 Å². The Kier molecular flexibility index (Phi) is 4.34. The van der Waals surface area contributed by atoms with Crippen molar-refractivity contribution >= 4 is 0 Å². The molecule has 1 fully saturated rings. The van der Waals surface area contributed by atoms with E-state index in [1.807, 2.05) is 12.1 Å². The van der Waals surface area contributed by atoms with Crippen molar-refractivity contribution in [2.45, 2.75) is 38.0 Å². The first-order valence-electron chi connectivity index (χ1n) is 6.09. The molecule has 0 radical (unpaired) electrons. The molecule has 0 spiro atoms. The fourth-order valence-electron chi connectivity index (χ4n) is 2.43. The molecule has 0 saturated heterocycles. The highest BCUT2D eigenvalue weighted by Gasteiger charge is 2.26. The number of pyridine rings is 1. The molecule has 17 heavy (non-hydrogen) atoms. The maximum absolute atomic E-state index is 5.46. The summed E-state index contributed by atoms with van der Waals surface area (Å²) in [7, 11) is 3.44. The Balaban J connectivity index is 1.93. The zero-order valence-corrected chi connectivity index (χ0v) is 10.5. The molecule has 1 heterocycles. The molecule has 1 saturated carbocycles. The summed E-state index contributed by atoms with van der Waals surface area (Å²) < 4.78 is 10.7. The molecule has 94 valence electrons. The zero-order valence-electron chi connectivity index (χ0n) is 10.5. The van der Waals surface area contributed by atoms with Crippen molar-refractivity contribution in [1.29, 1.82) is 0 Å². The fraction of sp³-hybridized carbons (Fsp3) is 0.615. The summed E-state index contributed by atoms with van der Waals surface area (Å²) in [6.07, 6.45) is 5.66. The van der Waals surface area contributed by atoms with Crippen molar-refractivity contribution in [3.63, 3.8) is 0 Å². The standard InChI is InChI=1S/C13H20N2O2/c1-16-12-7-3-6-11(12)15-9-10-5-4-8-14-13(10)17-2/h4-5,8,11-12,15H,3,6-7,9H2,1-2H3. The molecule has 1 aromatic heterocycles. The first-order valence-corrected chi connectivity index (χ1v) is 6.09. The van der Waals surface area contributed by atoms with Crippen molar-refractivity contribution < 1.29 is 9.47 Å². The number of rotatable bonds is 5. The van der Waals surface area contributed by atoms with Crippen LogP contribution in [0, 0.1) is 0 Å². The topological polar surface area (TPSA) is 43.4 Å². The summed E-state index contributed by atoms with van der Waals surface area (Å²) in [6.45, 7) is 0.779. The van der Waals surface area contributed by atoms with Crippen LogP contribution in [0.5, 0.6) is 5.88 Å². The van der Waals surface area contributed by atoms with E-state index in [2.05, 4.69) is 10.3 Å². The lowest BCUT2D eigenvalue weighted by Crippen LogP contribution is -2.36.